The molecule has 2 aromatic carbocycles. The van der Waals surface area contributed by atoms with Crippen LogP contribution in [0, 0.1) is 10.1 Å². The lowest BCUT2D eigenvalue weighted by Crippen LogP contribution is -2.25. The molecule has 0 fully saturated rings. The second-order valence-electron chi connectivity index (χ2n) is 4.70. The Balaban J connectivity index is 2.10. The first-order chi connectivity index (χ1) is 11.4. The van der Waals surface area contributed by atoms with Crippen LogP contribution in [0.15, 0.2) is 47.6 Å². The van der Waals surface area contributed by atoms with Crippen molar-refractivity contribution in [1.29, 1.82) is 0 Å². The number of nitrogens with zero attached hydrogens (tertiary/aromatic N) is 2. The molecule has 0 amide bonds. The number of benzene rings is 2. The predicted molar refractivity (Wildman–Crippen MR) is 97.8 cm³/mol. The molecule has 0 aliphatic rings. The van der Waals surface area contributed by atoms with Crippen molar-refractivity contribution in [2.24, 2.45) is 5.10 Å². The molecule has 0 bridgehead atoms. The van der Waals surface area contributed by atoms with E-state index in [2.05, 4.69) is 15.8 Å². The van der Waals surface area contributed by atoms with Gasteiger partial charge in [0, 0.05) is 16.7 Å². The van der Waals surface area contributed by atoms with Gasteiger partial charge in [0.25, 0.3) is 5.69 Å². The number of nitro benzene ring substituents is 1. The Morgan fingerprint density at radius 1 is 1.33 bits per heavy atom. The van der Waals surface area contributed by atoms with E-state index in [1.54, 1.807) is 31.2 Å². The number of nitro groups is 1. The standard InChI is InChI=1S/C15H13ClN4O3S/c1-9(11-8-10(16)6-7-14(11)21)18-19-15(24)17-12-4-2-3-5-13(12)20(22)23/h2-8,21H,1H3,(H2,17,19,24)/b18-9+. The molecule has 9 heteroatoms. The van der Waals surface area contributed by atoms with Crippen LogP contribution >= 0.6 is 23.8 Å². The number of halogens is 1. The van der Waals surface area contributed by atoms with Gasteiger partial charge in [0.05, 0.1) is 10.6 Å². The highest BCUT2D eigenvalue weighted by Crippen LogP contribution is 2.23. The molecule has 2 aromatic rings. The number of anilines is 1. The first kappa shape index (κ1) is 17.6. The molecule has 0 spiro atoms. The van der Waals surface area contributed by atoms with Crippen molar-refractivity contribution in [2.45, 2.75) is 6.92 Å². The number of phenols is 1. The first-order valence-electron chi connectivity index (χ1n) is 6.72. The fourth-order valence-electron chi connectivity index (χ4n) is 1.88. The molecule has 0 radical (unpaired) electrons. The summed E-state index contributed by atoms with van der Waals surface area (Å²) >= 11 is 11.0. The van der Waals surface area contributed by atoms with E-state index >= 15 is 0 Å². The normalized spacial score (nSPS) is 11.0. The van der Waals surface area contributed by atoms with Crippen molar-refractivity contribution in [3.8, 4) is 5.75 Å². The summed E-state index contributed by atoms with van der Waals surface area (Å²) in [5, 5.41) is 28.1. The van der Waals surface area contributed by atoms with E-state index in [1.807, 2.05) is 0 Å². The quantitative estimate of drug-likeness (QED) is 0.331. The number of thiocarbonyl (C=S) groups is 1. The smallest absolute Gasteiger partial charge is 0.292 e. The fourth-order valence-corrected chi connectivity index (χ4v) is 2.21. The number of phenolic OH excluding ortho intramolecular Hbond substituents is 1. The van der Waals surface area contributed by atoms with Crippen molar-refractivity contribution in [3.05, 3.63) is 63.2 Å². The highest BCUT2D eigenvalue weighted by atomic mass is 35.5. The molecule has 3 N–H and O–H groups in total. The lowest BCUT2D eigenvalue weighted by Gasteiger charge is -2.09. The van der Waals surface area contributed by atoms with E-state index in [4.69, 9.17) is 23.8 Å². The number of aromatic hydroxyl groups is 1. The Kier molecular flexibility index (Phi) is 5.67. The molecule has 124 valence electrons. The Hall–Kier alpha value is -2.71. The summed E-state index contributed by atoms with van der Waals surface area (Å²) in [6.07, 6.45) is 0. The number of hydrogen-bond donors (Lipinski definition) is 3. The Labute approximate surface area is 148 Å². The van der Waals surface area contributed by atoms with Crippen LogP contribution in [0.5, 0.6) is 5.75 Å². The van der Waals surface area contributed by atoms with E-state index in [9.17, 15) is 15.2 Å². The van der Waals surface area contributed by atoms with E-state index in [1.165, 1.54) is 18.2 Å². The Morgan fingerprint density at radius 3 is 2.75 bits per heavy atom. The largest absolute Gasteiger partial charge is 0.507 e. The van der Waals surface area contributed by atoms with Gasteiger partial charge in [0.2, 0.25) is 0 Å². The van der Waals surface area contributed by atoms with Crippen molar-refractivity contribution < 1.29 is 10.0 Å². The molecule has 0 aliphatic heterocycles. The first-order valence-corrected chi connectivity index (χ1v) is 7.50. The lowest BCUT2D eigenvalue weighted by atomic mass is 10.1. The third kappa shape index (κ3) is 4.40. The molecule has 0 saturated heterocycles. The molecule has 0 atom stereocenters. The minimum absolute atomic E-state index is 0.0278. The maximum absolute atomic E-state index is 11.0. The maximum atomic E-state index is 11.0. The summed E-state index contributed by atoms with van der Waals surface area (Å²) < 4.78 is 0. The van der Waals surface area contributed by atoms with Gasteiger partial charge in [-0.25, -0.2) is 0 Å². The monoisotopic (exact) mass is 364 g/mol. The maximum Gasteiger partial charge on any atom is 0.292 e. The molecular formula is C15H13ClN4O3S. The highest BCUT2D eigenvalue weighted by Gasteiger charge is 2.13. The summed E-state index contributed by atoms with van der Waals surface area (Å²) in [4.78, 5) is 10.4. The van der Waals surface area contributed by atoms with Crippen LogP contribution in [0.2, 0.25) is 5.02 Å². The van der Waals surface area contributed by atoms with Gasteiger partial charge in [0.1, 0.15) is 11.4 Å². The van der Waals surface area contributed by atoms with Gasteiger partial charge >= 0.3 is 0 Å². The summed E-state index contributed by atoms with van der Waals surface area (Å²) in [5.74, 6) is 0.0278. The van der Waals surface area contributed by atoms with Crippen LogP contribution in [-0.4, -0.2) is 20.9 Å². The van der Waals surface area contributed by atoms with Crippen molar-refractivity contribution in [1.82, 2.24) is 5.43 Å². The number of rotatable bonds is 4. The average molecular weight is 365 g/mol. The molecule has 0 unspecified atom stereocenters. The highest BCUT2D eigenvalue weighted by molar-refractivity contribution is 7.80. The van der Waals surface area contributed by atoms with Gasteiger partial charge in [0.15, 0.2) is 5.11 Å². The van der Waals surface area contributed by atoms with E-state index in [-0.39, 0.29) is 22.2 Å². The summed E-state index contributed by atoms with van der Waals surface area (Å²) in [6.45, 7) is 1.66. The molecule has 2 rings (SSSR count). The molecule has 0 aromatic heterocycles. The second kappa shape index (κ2) is 7.71. The Bertz CT molecular complexity index is 826. The van der Waals surface area contributed by atoms with Gasteiger partial charge < -0.3 is 10.4 Å². The lowest BCUT2D eigenvalue weighted by molar-refractivity contribution is -0.383. The third-order valence-electron chi connectivity index (χ3n) is 3.02. The zero-order chi connectivity index (χ0) is 17.7. The van der Waals surface area contributed by atoms with Crippen LogP contribution in [0.25, 0.3) is 0 Å². The van der Waals surface area contributed by atoms with E-state index < -0.39 is 4.92 Å². The minimum Gasteiger partial charge on any atom is -0.507 e. The average Bonchev–Trinajstić information content (AvgIpc) is 2.55. The van der Waals surface area contributed by atoms with Gasteiger partial charge in [-0.05, 0) is 43.4 Å². The summed E-state index contributed by atoms with van der Waals surface area (Å²) in [7, 11) is 0. The molecule has 24 heavy (non-hydrogen) atoms. The van der Waals surface area contributed by atoms with Crippen LogP contribution < -0.4 is 10.7 Å². The van der Waals surface area contributed by atoms with Crippen LogP contribution in [-0.2, 0) is 0 Å². The third-order valence-corrected chi connectivity index (χ3v) is 3.45. The topological polar surface area (TPSA) is 99.8 Å². The van der Waals surface area contributed by atoms with Gasteiger partial charge in [-0.3, -0.25) is 15.5 Å². The SMILES string of the molecule is C/C(=N\NC(=S)Nc1ccccc1[N+](=O)[O-])c1cc(Cl)ccc1O. The molecule has 0 saturated carbocycles. The number of hydrazone groups is 1. The summed E-state index contributed by atoms with van der Waals surface area (Å²) in [5.41, 5.74) is 3.61. The molecular weight excluding hydrogens is 352 g/mol. The molecule has 0 heterocycles. The zero-order valence-corrected chi connectivity index (χ0v) is 14.1. The van der Waals surface area contributed by atoms with Crippen LogP contribution in [0.1, 0.15) is 12.5 Å². The number of para-hydroxylation sites is 2. The Morgan fingerprint density at radius 2 is 2.04 bits per heavy atom. The minimum atomic E-state index is -0.510. The molecule has 7 nitrogen and oxygen atoms in total. The number of nitrogens with one attached hydrogen (secondary N) is 2. The van der Waals surface area contributed by atoms with E-state index in [0.29, 0.717) is 16.3 Å². The van der Waals surface area contributed by atoms with Crippen molar-refractivity contribution >= 4 is 46.0 Å². The van der Waals surface area contributed by atoms with Crippen molar-refractivity contribution in [2.75, 3.05) is 5.32 Å². The van der Waals surface area contributed by atoms with Gasteiger partial charge in [-0.1, -0.05) is 23.7 Å². The number of hydrogen-bond acceptors (Lipinski definition) is 5. The fraction of sp³-hybridized carbons (Fsp3) is 0.0667. The van der Waals surface area contributed by atoms with E-state index in [0.717, 1.165) is 0 Å². The van der Waals surface area contributed by atoms with Gasteiger partial charge in [-0.2, -0.15) is 5.10 Å². The predicted octanol–water partition coefficient (Wildman–Crippen LogP) is 3.66. The van der Waals surface area contributed by atoms with Gasteiger partial charge in [-0.15, -0.1) is 0 Å². The van der Waals surface area contributed by atoms with Crippen molar-refractivity contribution in [3.63, 3.8) is 0 Å². The van der Waals surface area contributed by atoms with Crippen LogP contribution in [0.4, 0.5) is 11.4 Å². The summed E-state index contributed by atoms with van der Waals surface area (Å²) in [6, 6.07) is 10.7. The zero-order valence-electron chi connectivity index (χ0n) is 12.5. The molecule has 0 aliphatic carbocycles. The van der Waals surface area contributed by atoms with Crippen LogP contribution in [0.3, 0.4) is 0 Å². The second-order valence-corrected chi connectivity index (χ2v) is 5.54.